The van der Waals surface area contributed by atoms with Gasteiger partial charge in [-0.15, -0.1) is 0 Å². The Balaban J connectivity index is 1.91. The lowest BCUT2D eigenvalue weighted by Crippen LogP contribution is -2.62. The molecular weight excluding hydrogens is 296 g/mol. The summed E-state index contributed by atoms with van der Waals surface area (Å²) in [7, 11) is 0. The van der Waals surface area contributed by atoms with Crippen molar-refractivity contribution in [3.8, 4) is 0 Å². The molecule has 0 N–H and O–H groups in total. The minimum absolute atomic E-state index is 0.0706. The third kappa shape index (κ3) is 1.52. The van der Waals surface area contributed by atoms with Crippen molar-refractivity contribution in [3.05, 3.63) is 0 Å². The Morgan fingerprint density at radius 2 is 2.00 bits per heavy atom. The molecule has 0 unspecified atom stereocenters. The highest BCUT2D eigenvalue weighted by Crippen LogP contribution is 2.76. The first-order valence-corrected chi connectivity index (χ1v) is 8.61. The van der Waals surface area contributed by atoms with E-state index in [0.717, 1.165) is 6.42 Å². The summed E-state index contributed by atoms with van der Waals surface area (Å²) in [5, 5.41) is 13.0. The van der Waals surface area contributed by atoms with Crippen molar-refractivity contribution in [2.24, 2.45) is 28.6 Å². The Morgan fingerprint density at radius 3 is 2.61 bits per heavy atom. The van der Waals surface area contributed by atoms with E-state index in [4.69, 9.17) is 9.47 Å². The average molecular weight is 321 g/mol. The largest absolute Gasteiger partial charge is 0.823 e. The van der Waals surface area contributed by atoms with Gasteiger partial charge in [0, 0.05) is 12.8 Å². The van der Waals surface area contributed by atoms with Crippen molar-refractivity contribution in [3.63, 3.8) is 0 Å². The van der Waals surface area contributed by atoms with Crippen LogP contribution in [0.1, 0.15) is 53.9 Å². The first kappa shape index (κ1) is 15.6. The molecule has 0 amide bonds. The maximum Gasteiger partial charge on any atom is 0.302 e. The predicted octanol–water partition coefficient (Wildman–Crippen LogP) is 1.42. The number of esters is 1. The molecular formula is C18H25O5-. The maximum atomic E-state index is 13.0. The van der Waals surface area contributed by atoms with Crippen LogP contribution in [0.4, 0.5) is 0 Å². The van der Waals surface area contributed by atoms with Crippen LogP contribution in [0.2, 0.25) is 0 Å². The molecule has 0 radical (unpaired) electrons. The summed E-state index contributed by atoms with van der Waals surface area (Å²) in [6, 6.07) is 0. The lowest BCUT2D eigenvalue weighted by atomic mass is 9.52. The molecule has 2 heterocycles. The highest BCUT2D eigenvalue weighted by molar-refractivity contribution is 5.96. The van der Waals surface area contributed by atoms with Crippen LogP contribution in [-0.2, 0) is 19.1 Å². The topological polar surface area (TPSA) is 75.7 Å². The first-order valence-electron chi connectivity index (χ1n) is 8.61. The summed E-state index contributed by atoms with van der Waals surface area (Å²) < 4.78 is 11.7. The van der Waals surface area contributed by atoms with Crippen LogP contribution in [-0.4, -0.2) is 29.2 Å². The number of hydrogen-bond donors (Lipinski definition) is 0. The van der Waals surface area contributed by atoms with Crippen LogP contribution >= 0.6 is 0 Å². The number of Topliss-reactive ketones (excluding diaryl/α,β-unsaturated/α-hetero) is 1. The van der Waals surface area contributed by atoms with Gasteiger partial charge in [0.1, 0.15) is 6.10 Å². The van der Waals surface area contributed by atoms with Gasteiger partial charge in [0.2, 0.25) is 0 Å². The van der Waals surface area contributed by atoms with E-state index in [-0.39, 0.29) is 47.4 Å². The van der Waals surface area contributed by atoms with E-state index in [1.807, 2.05) is 6.92 Å². The molecule has 4 aliphatic rings. The molecule has 0 aromatic heterocycles. The van der Waals surface area contributed by atoms with Crippen molar-refractivity contribution >= 4 is 11.8 Å². The molecule has 5 nitrogen and oxygen atoms in total. The molecule has 2 aliphatic heterocycles. The van der Waals surface area contributed by atoms with E-state index < -0.39 is 16.8 Å². The zero-order valence-corrected chi connectivity index (χ0v) is 14.5. The number of ketones is 1. The van der Waals surface area contributed by atoms with Gasteiger partial charge in [-0.1, -0.05) is 20.8 Å². The number of rotatable bonds is 1. The van der Waals surface area contributed by atoms with Crippen LogP contribution in [0.15, 0.2) is 0 Å². The highest BCUT2D eigenvalue weighted by Gasteiger charge is 2.83. The van der Waals surface area contributed by atoms with Crippen molar-refractivity contribution in [1.29, 1.82) is 0 Å². The second-order valence-corrected chi connectivity index (χ2v) is 9.12. The van der Waals surface area contributed by atoms with E-state index in [2.05, 4.69) is 20.8 Å². The minimum atomic E-state index is -1.90. The molecule has 4 rings (SSSR count). The van der Waals surface area contributed by atoms with E-state index in [1.165, 1.54) is 6.92 Å². The van der Waals surface area contributed by atoms with Gasteiger partial charge < -0.3 is 14.6 Å². The molecule has 2 bridgehead atoms. The van der Waals surface area contributed by atoms with E-state index in [0.29, 0.717) is 6.42 Å². The van der Waals surface area contributed by atoms with E-state index in [9.17, 15) is 14.7 Å². The molecule has 23 heavy (non-hydrogen) atoms. The minimum Gasteiger partial charge on any atom is -0.823 e. The number of carbonyl (C=O) groups excluding carboxylic acids is 2. The van der Waals surface area contributed by atoms with Crippen molar-refractivity contribution < 1.29 is 24.2 Å². The fraction of sp³-hybridized carbons (Fsp3) is 0.889. The summed E-state index contributed by atoms with van der Waals surface area (Å²) in [5.74, 6) is -2.32. The van der Waals surface area contributed by atoms with Crippen LogP contribution in [0.25, 0.3) is 0 Å². The maximum absolute atomic E-state index is 13.0. The third-order valence-corrected chi connectivity index (χ3v) is 7.18. The summed E-state index contributed by atoms with van der Waals surface area (Å²) in [5.41, 5.74) is -1.75. The molecule has 2 saturated carbocycles. The smallest absolute Gasteiger partial charge is 0.302 e. The molecule has 7 atom stereocenters. The Bertz CT molecular complexity index is 613. The Morgan fingerprint density at radius 1 is 1.35 bits per heavy atom. The summed E-state index contributed by atoms with van der Waals surface area (Å²) >= 11 is 0. The second-order valence-electron chi connectivity index (χ2n) is 9.12. The molecule has 0 aromatic carbocycles. The molecule has 0 aromatic rings. The van der Waals surface area contributed by atoms with Gasteiger partial charge in [0.25, 0.3) is 0 Å². The standard InChI is InChI=1S/C18H25O5/c1-9-6-12(22-10(2)19)13-15(3,4)8-16(5)14(20)17(21)7-11(9)18(13,16)23-17/h9,11-13H,6-8H2,1-5H3/q-1/t9-,11+,12+,13+,16-,17-,18-/m1/s1. The van der Waals surface area contributed by atoms with Gasteiger partial charge in [-0.05, 0) is 43.4 Å². The summed E-state index contributed by atoms with van der Waals surface area (Å²) in [6.07, 6.45) is 1.34. The van der Waals surface area contributed by atoms with Gasteiger partial charge in [-0.25, -0.2) is 0 Å². The highest BCUT2D eigenvalue weighted by atomic mass is 16.7. The second kappa shape index (κ2) is 3.99. The Kier molecular flexibility index (Phi) is 2.71. The number of fused-ring (bicyclic) bond motifs is 1. The monoisotopic (exact) mass is 321 g/mol. The van der Waals surface area contributed by atoms with Gasteiger partial charge >= 0.3 is 5.97 Å². The molecule has 5 heteroatoms. The summed E-state index contributed by atoms with van der Waals surface area (Å²) in [4.78, 5) is 24.5. The first-order chi connectivity index (χ1) is 10.5. The molecule has 1 spiro atoms. The van der Waals surface area contributed by atoms with Gasteiger partial charge in [-0.2, -0.15) is 0 Å². The SMILES string of the molecule is CC(=O)O[C@H]1C[C@@H](C)[C@@H]2C[C@@]3([O-])O[C@@]24[C@@H]1C(C)(C)C[C@]4(C)C3=O. The van der Waals surface area contributed by atoms with Crippen LogP contribution in [0, 0.1) is 28.6 Å². The zero-order valence-electron chi connectivity index (χ0n) is 14.5. The molecule has 128 valence electrons. The van der Waals surface area contributed by atoms with Crippen molar-refractivity contribution in [2.75, 3.05) is 0 Å². The molecule has 4 fully saturated rings. The number of hydrogen-bond acceptors (Lipinski definition) is 5. The zero-order chi connectivity index (χ0) is 17.0. The Hall–Kier alpha value is -0.940. The quantitative estimate of drug-likeness (QED) is 0.683. The van der Waals surface area contributed by atoms with Crippen molar-refractivity contribution in [1.82, 2.24) is 0 Å². The number of ether oxygens (including phenoxy) is 2. The lowest BCUT2D eigenvalue weighted by molar-refractivity contribution is -0.524. The van der Waals surface area contributed by atoms with E-state index >= 15 is 0 Å². The van der Waals surface area contributed by atoms with E-state index in [1.54, 1.807) is 0 Å². The van der Waals surface area contributed by atoms with Gasteiger partial charge in [0.15, 0.2) is 5.78 Å². The van der Waals surface area contributed by atoms with Crippen LogP contribution in [0.5, 0.6) is 0 Å². The van der Waals surface area contributed by atoms with Crippen LogP contribution < -0.4 is 5.11 Å². The fourth-order valence-corrected chi connectivity index (χ4v) is 6.95. The molecule has 2 saturated heterocycles. The average Bonchev–Trinajstić information content (AvgIpc) is 2.85. The number of carbonyl (C=O) groups is 2. The fourth-order valence-electron chi connectivity index (χ4n) is 6.95. The third-order valence-electron chi connectivity index (χ3n) is 7.18. The van der Waals surface area contributed by atoms with Crippen molar-refractivity contribution in [2.45, 2.75) is 71.4 Å². The normalized spacial score (nSPS) is 55.8. The van der Waals surface area contributed by atoms with Gasteiger partial charge in [0.05, 0.1) is 16.8 Å². The lowest BCUT2D eigenvalue weighted by Gasteiger charge is -2.53. The Labute approximate surface area is 136 Å². The van der Waals surface area contributed by atoms with Crippen LogP contribution in [0.3, 0.4) is 0 Å². The summed E-state index contributed by atoms with van der Waals surface area (Å²) in [6.45, 7) is 9.65. The predicted molar refractivity (Wildman–Crippen MR) is 79.0 cm³/mol. The molecule has 2 aliphatic carbocycles. The van der Waals surface area contributed by atoms with Gasteiger partial charge in [-0.3, -0.25) is 9.59 Å².